The van der Waals surface area contributed by atoms with E-state index in [1.165, 1.54) is 11.0 Å². The van der Waals surface area contributed by atoms with Crippen LogP contribution in [-0.2, 0) is 0 Å². The molecule has 0 saturated heterocycles. The van der Waals surface area contributed by atoms with Crippen molar-refractivity contribution in [3.8, 4) is 5.69 Å². The van der Waals surface area contributed by atoms with Gasteiger partial charge in [-0.2, -0.15) is 9.78 Å². The van der Waals surface area contributed by atoms with E-state index in [1.54, 1.807) is 0 Å². The molecule has 0 aliphatic carbocycles. The van der Waals surface area contributed by atoms with Gasteiger partial charge in [-0.25, -0.2) is 4.79 Å². The number of nitrogens with zero attached hydrogens (tertiary/aromatic N) is 2. The molecule has 0 spiro atoms. The molecule has 5 heteroatoms. The second-order valence-electron chi connectivity index (χ2n) is 2.94. The van der Waals surface area contributed by atoms with Gasteiger partial charge in [0.05, 0.1) is 5.69 Å². The largest absolute Gasteiger partial charge is 0.347 e. The molecule has 0 amide bonds. The molecule has 72 valence electrons. The Bertz CT molecular complexity index is 515. The Morgan fingerprint density at radius 1 is 1.50 bits per heavy atom. The van der Waals surface area contributed by atoms with E-state index in [9.17, 15) is 4.79 Å². The number of nitrogens with one attached hydrogen (secondary N) is 1. The average Bonchev–Trinajstić information content (AvgIpc) is 2.52. The fourth-order valence-corrected chi connectivity index (χ4v) is 1.93. The molecule has 1 N–H and O–H groups in total. The number of aryl methyl sites for hydroxylation is 1. The summed E-state index contributed by atoms with van der Waals surface area (Å²) in [7, 11) is 0. The Morgan fingerprint density at radius 3 is 2.86 bits per heavy atom. The highest BCUT2D eigenvalue weighted by atomic mass is 127. The van der Waals surface area contributed by atoms with Crippen molar-refractivity contribution in [2.24, 2.45) is 0 Å². The Kier molecular flexibility index (Phi) is 2.40. The van der Waals surface area contributed by atoms with Crippen LogP contribution in [-0.4, -0.2) is 14.8 Å². The summed E-state index contributed by atoms with van der Waals surface area (Å²) in [5, 5.41) is 3.92. The van der Waals surface area contributed by atoms with Crippen molar-refractivity contribution >= 4 is 22.6 Å². The minimum absolute atomic E-state index is 0.214. The molecule has 2 aromatic rings. The third-order valence-electron chi connectivity index (χ3n) is 1.94. The van der Waals surface area contributed by atoms with Crippen molar-refractivity contribution in [3.63, 3.8) is 0 Å². The van der Waals surface area contributed by atoms with Crippen LogP contribution in [0, 0.1) is 10.5 Å². The molecule has 0 aliphatic heterocycles. The van der Waals surface area contributed by atoms with Gasteiger partial charge in [-0.1, -0.05) is 0 Å². The minimum Gasteiger partial charge on any atom is -0.295 e. The number of hydrogen-bond acceptors (Lipinski definition) is 2. The van der Waals surface area contributed by atoms with E-state index in [2.05, 4.69) is 32.7 Å². The van der Waals surface area contributed by atoms with Crippen LogP contribution >= 0.6 is 22.6 Å². The molecule has 0 saturated carbocycles. The van der Waals surface area contributed by atoms with Gasteiger partial charge in [-0.05, 0) is 53.3 Å². The topological polar surface area (TPSA) is 50.7 Å². The van der Waals surface area contributed by atoms with Crippen molar-refractivity contribution in [1.82, 2.24) is 14.8 Å². The van der Waals surface area contributed by atoms with E-state index in [0.717, 1.165) is 14.8 Å². The number of halogens is 1. The SMILES string of the molecule is Cc1cc(I)ccc1-n1nc[nH]c1=O. The second-order valence-corrected chi connectivity index (χ2v) is 4.18. The lowest BCUT2D eigenvalue weighted by atomic mass is 10.2. The number of aromatic nitrogens is 3. The Labute approximate surface area is 94.1 Å². The van der Waals surface area contributed by atoms with Gasteiger partial charge < -0.3 is 0 Å². The Hall–Kier alpha value is -1.11. The fraction of sp³-hybridized carbons (Fsp3) is 0.111. The summed E-state index contributed by atoms with van der Waals surface area (Å²) < 4.78 is 2.50. The van der Waals surface area contributed by atoms with E-state index >= 15 is 0 Å². The van der Waals surface area contributed by atoms with Crippen molar-refractivity contribution in [2.75, 3.05) is 0 Å². The van der Waals surface area contributed by atoms with Crippen LogP contribution in [0.5, 0.6) is 0 Å². The normalized spacial score (nSPS) is 10.4. The Balaban J connectivity index is 2.63. The van der Waals surface area contributed by atoms with Crippen molar-refractivity contribution < 1.29 is 0 Å². The molecule has 0 fully saturated rings. The van der Waals surface area contributed by atoms with E-state index in [-0.39, 0.29) is 5.69 Å². The zero-order valence-corrected chi connectivity index (χ0v) is 9.65. The highest BCUT2D eigenvalue weighted by Crippen LogP contribution is 2.14. The predicted octanol–water partition coefficient (Wildman–Crippen LogP) is 1.47. The van der Waals surface area contributed by atoms with Crippen LogP contribution < -0.4 is 5.69 Å². The standard InChI is InChI=1S/C9H8IN3O/c1-6-4-7(10)2-3-8(6)13-9(14)11-5-12-13/h2-5H,1H3,(H,11,12,14). The maximum absolute atomic E-state index is 11.3. The van der Waals surface area contributed by atoms with Crippen LogP contribution in [0.2, 0.25) is 0 Å². The van der Waals surface area contributed by atoms with Gasteiger partial charge in [0.25, 0.3) is 0 Å². The maximum atomic E-state index is 11.3. The smallest absolute Gasteiger partial charge is 0.295 e. The number of rotatable bonds is 1. The van der Waals surface area contributed by atoms with Gasteiger partial charge in [0, 0.05) is 3.57 Å². The van der Waals surface area contributed by atoms with Crippen molar-refractivity contribution in [2.45, 2.75) is 6.92 Å². The van der Waals surface area contributed by atoms with Crippen LogP contribution in [0.4, 0.5) is 0 Å². The highest BCUT2D eigenvalue weighted by Gasteiger charge is 2.04. The molecule has 0 aliphatic rings. The third-order valence-corrected chi connectivity index (χ3v) is 2.61. The molecule has 4 nitrogen and oxygen atoms in total. The average molecular weight is 301 g/mol. The van der Waals surface area contributed by atoms with Gasteiger partial charge >= 0.3 is 5.69 Å². The van der Waals surface area contributed by atoms with Crippen LogP contribution in [0.1, 0.15) is 5.56 Å². The summed E-state index contributed by atoms with van der Waals surface area (Å²) in [4.78, 5) is 13.8. The number of aromatic amines is 1. The summed E-state index contributed by atoms with van der Waals surface area (Å²) in [6.45, 7) is 1.96. The van der Waals surface area contributed by atoms with Crippen LogP contribution in [0.3, 0.4) is 0 Å². The van der Waals surface area contributed by atoms with E-state index in [4.69, 9.17) is 0 Å². The van der Waals surface area contributed by atoms with E-state index in [1.807, 2.05) is 25.1 Å². The molecular formula is C9H8IN3O. The lowest BCUT2D eigenvalue weighted by Gasteiger charge is -2.03. The molecule has 1 heterocycles. The number of H-pyrrole nitrogens is 1. The summed E-state index contributed by atoms with van der Waals surface area (Å²) in [6.07, 6.45) is 1.39. The van der Waals surface area contributed by atoms with Gasteiger partial charge in [-0.3, -0.25) is 4.98 Å². The first-order chi connectivity index (χ1) is 6.68. The summed E-state index contributed by atoms with van der Waals surface area (Å²) in [6, 6.07) is 5.85. The molecule has 0 radical (unpaired) electrons. The van der Waals surface area contributed by atoms with Crippen LogP contribution in [0.15, 0.2) is 29.3 Å². The lowest BCUT2D eigenvalue weighted by Crippen LogP contribution is -2.16. The molecule has 14 heavy (non-hydrogen) atoms. The minimum atomic E-state index is -0.214. The second kappa shape index (κ2) is 3.56. The molecule has 2 rings (SSSR count). The van der Waals surface area contributed by atoms with Gasteiger partial charge in [0.1, 0.15) is 6.33 Å². The lowest BCUT2D eigenvalue weighted by molar-refractivity contribution is 0.835. The quantitative estimate of drug-likeness (QED) is 0.811. The zero-order valence-electron chi connectivity index (χ0n) is 7.49. The number of hydrogen-bond donors (Lipinski definition) is 1. The highest BCUT2D eigenvalue weighted by molar-refractivity contribution is 14.1. The van der Waals surface area contributed by atoms with Gasteiger partial charge in [0.2, 0.25) is 0 Å². The molecule has 0 unspecified atom stereocenters. The molecule has 0 atom stereocenters. The van der Waals surface area contributed by atoms with Gasteiger partial charge in [0.15, 0.2) is 0 Å². The predicted molar refractivity (Wildman–Crippen MR) is 61.6 cm³/mol. The van der Waals surface area contributed by atoms with Crippen molar-refractivity contribution in [1.29, 1.82) is 0 Å². The third kappa shape index (κ3) is 1.59. The summed E-state index contributed by atoms with van der Waals surface area (Å²) in [5.41, 5.74) is 1.64. The molecule has 1 aromatic heterocycles. The molecular weight excluding hydrogens is 293 g/mol. The van der Waals surface area contributed by atoms with Gasteiger partial charge in [-0.15, -0.1) is 0 Å². The number of benzene rings is 1. The molecule has 1 aromatic carbocycles. The monoisotopic (exact) mass is 301 g/mol. The first kappa shape index (κ1) is 9.45. The fourth-order valence-electron chi connectivity index (χ4n) is 1.28. The first-order valence-electron chi connectivity index (χ1n) is 4.08. The summed E-state index contributed by atoms with van der Waals surface area (Å²) in [5.74, 6) is 0. The first-order valence-corrected chi connectivity index (χ1v) is 5.15. The van der Waals surface area contributed by atoms with Crippen LogP contribution in [0.25, 0.3) is 5.69 Å². The Morgan fingerprint density at radius 2 is 2.29 bits per heavy atom. The molecule has 0 bridgehead atoms. The zero-order chi connectivity index (χ0) is 10.1. The summed E-state index contributed by atoms with van der Waals surface area (Å²) >= 11 is 2.23. The van der Waals surface area contributed by atoms with E-state index in [0.29, 0.717) is 0 Å². The van der Waals surface area contributed by atoms with E-state index < -0.39 is 0 Å². The maximum Gasteiger partial charge on any atom is 0.347 e. The van der Waals surface area contributed by atoms with Crippen molar-refractivity contribution in [3.05, 3.63) is 44.1 Å².